The third-order valence-electron chi connectivity index (χ3n) is 4.72. The number of likely N-dealkylation sites (tertiary alicyclic amines) is 1. The Kier molecular flexibility index (Phi) is 5.83. The van der Waals surface area contributed by atoms with E-state index >= 15 is 0 Å². The lowest BCUT2D eigenvalue weighted by Crippen LogP contribution is -2.43. The number of fused-ring (bicyclic) bond motifs is 1. The molecule has 134 valence electrons. The van der Waals surface area contributed by atoms with Crippen molar-refractivity contribution in [2.45, 2.75) is 25.9 Å². The number of pyridine rings is 1. The van der Waals surface area contributed by atoms with Crippen LogP contribution in [0, 0.1) is 5.92 Å². The Hall–Kier alpha value is -2.18. The molecule has 2 heterocycles. The van der Waals surface area contributed by atoms with Gasteiger partial charge < -0.3 is 20.6 Å². The zero-order valence-corrected chi connectivity index (χ0v) is 14.6. The first-order valence-corrected chi connectivity index (χ1v) is 8.91. The Labute approximate surface area is 148 Å². The van der Waals surface area contributed by atoms with Crippen molar-refractivity contribution < 1.29 is 9.90 Å². The highest BCUT2D eigenvalue weighted by atomic mass is 16.3. The van der Waals surface area contributed by atoms with Gasteiger partial charge in [0, 0.05) is 24.7 Å². The Bertz CT molecular complexity index is 708. The molecular weight excluding hydrogens is 316 g/mol. The quantitative estimate of drug-likeness (QED) is 0.780. The number of para-hydroxylation sites is 1. The van der Waals surface area contributed by atoms with Gasteiger partial charge in [0.1, 0.15) is 0 Å². The van der Waals surface area contributed by atoms with Crippen LogP contribution >= 0.6 is 0 Å². The van der Waals surface area contributed by atoms with Gasteiger partial charge in [0.05, 0.1) is 17.3 Å². The van der Waals surface area contributed by atoms with E-state index in [2.05, 4.69) is 27.4 Å². The molecule has 25 heavy (non-hydrogen) atoms. The first-order chi connectivity index (χ1) is 12.1. The van der Waals surface area contributed by atoms with Crippen LogP contribution in [0.2, 0.25) is 0 Å². The van der Waals surface area contributed by atoms with Crippen LogP contribution in [-0.2, 0) is 0 Å². The summed E-state index contributed by atoms with van der Waals surface area (Å²) in [6.07, 6.45) is 3.49. The molecule has 0 unspecified atom stereocenters. The van der Waals surface area contributed by atoms with Gasteiger partial charge in [-0.2, -0.15) is 0 Å². The van der Waals surface area contributed by atoms with Crippen molar-refractivity contribution in [2.75, 3.05) is 31.5 Å². The van der Waals surface area contributed by atoms with E-state index in [-0.39, 0.29) is 12.6 Å². The van der Waals surface area contributed by atoms with Crippen LogP contribution in [0.3, 0.4) is 0 Å². The maximum Gasteiger partial charge on any atom is 0.319 e. The lowest BCUT2D eigenvalue weighted by Gasteiger charge is -2.31. The number of rotatable bonds is 5. The van der Waals surface area contributed by atoms with Crippen LogP contribution in [0.15, 0.2) is 36.5 Å². The summed E-state index contributed by atoms with van der Waals surface area (Å²) < 4.78 is 0. The zero-order valence-electron chi connectivity index (χ0n) is 14.6. The summed E-state index contributed by atoms with van der Waals surface area (Å²) in [6, 6.07) is 9.14. The third kappa shape index (κ3) is 4.90. The fraction of sp³-hybridized carbons (Fsp3) is 0.474. The van der Waals surface area contributed by atoms with Crippen molar-refractivity contribution in [1.82, 2.24) is 15.2 Å². The third-order valence-corrected chi connectivity index (χ3v) is 4.72. The molecule has 3 rings (SSSR count). The number of nitrogens with zero attached hydrogens (tertiary/aromatic N) is 2. The van der Waals surface area contributed by atoms with Gasteiger partial charge in [-0.05, 0) is 44.0 Å². The standard InChI is InChI=1S/C19H26N4O2/c1-14-7-10-23(11-8-14)13-16(24)12-21-19(25)22-17-6-2-4-15-5-3-9-20-18(15)17/h2-6,9,14,16,24H,7-8,10-13H2,1H3,(H2,21,22,25)/t16-/m0/s1. The number of hydrogen-bond donors (Lipinski definition) is 3. The Morgan fingerprint density at radius 3 is 2.88 bits per heavy atom. The monoisotopic (exact) mass is 342 g/mol. The van der Waals surface area contributed by atoms with Crippen molar-refractivity contribution in [2.24, 2.45) is 5.92 Å². The van der Waals surface area contributed by atoms with Gasteiger partial charge in [0.25, 0.3) is 0 Å². The highest BCUT2D eigenvalue weighted by Gasteiger charge is 2.18. The lowest BCUT2D eigenvalue weighted by molar-refractivity contribution is 0.0924. The van der Waals surface area contributed by atoms with Crippen molar-refractivity contribution in [3.05, 3.63) is 36.5 Å². The summed E-state index contributed by atoms with van der Waals surface area (Å²) in [5.41, 5.74) is 1.42. The second-order valence-electron chi connectivity index (χ2n) is 6.85. The first-order valence-electron chi connectivity index (χ1n) is 8.91. The van der Waals surface area contributed by atoms with Crippen LogP contribution in [-0.4, -0.2) is 53.3 Å². The molecule has 1 saturated heterocycles. The molecule has 2 aromatic rings. The number of carbonyl (C=O) groups excluding carboxylic acids is 1. The van der Waals surface area contributed by atoms with Crippen LogP contribution < -0.4 is 10.6 Å². The number of aliphatic hydroxyl groups is 1. The predicted molar refractivity (Wildman–Crippen MR) is 99.6 cm³/mol. The molecule has 0 aliphatic carbocycles. The van der Waals surface area contributed by atoms with Gasteiger partial charge in [0.15, 0.2) is 0 Å². The van der Waals surface area contributed by atoms with Crippen LogP contribution in [0.1, 0.15) is 19.8 Å². The molecule has 2 amide bonds. The minimum Gasteiger partial charge on any atom is -0.390 e. The SMILES string of the molecule is CC1CCN(C[C@@H](O)CNC(=O)Nc2cccc3cccnc23)CC1. The molecule has 6 heteroatoms. The fourth-order valence-electron chi connectivity index (χ4n) is 3.19. The van der Waals surface area contributed by atoms with Crippen molar-refractivity contribution in [3.8, 4) is 0 Å². The lowest BCUT2D eigenvalue weighted by atomic mass is 9.99. The molecule has 1 fully saturated rings. The smallest absolute Gasteiger partial charge is 0.319 e. The maximum absolute atomic E-state index is 12.1. The number of anilines is 1. The van der Waals surface area contributed by atoms with Gasteiger partial charge in [-0.1, -0.05) is 25.1 Å². The first kappa shape index (κ1) is 17.6. The molecular formula is C19H26N4O2. The van der Waals surface area contributed by atoms with Gasteiger partial charge in [-0.3, -0.25) is 4.98 Å². The van der Waals surface area contributed by atoms with Crippen LogP contribution in [0.5, 0.6) is 0 Å². The molecule has 0 saturated carbocycles. The minimum absolute atomic E-state index is 0.232. The normalized spacial score (nSPS) is 17.4. The molecule has 3 N–H and O–H groups in total. The van der Waals surface area contributed by atoms with Gasteiger partial charge in [-0.25, -0.2) is 4.79 Å². The number of aromatic nitrogens is 1. The number of urea groups is 1. The van der Waals surface area contributed by atoms with Crippen LogP contribution in [0.25, 0.3) is 10.9 Å². The maximum atomic E-state index is 12.1. The highest BCUT2D eigenvalue weighted by molar-refractivity contribution is 5.99. The van der Waals surface area contributed by atoms with Crippen molar-refractivity contribution in [3.63, 3.8) is 0 Å². The number of carbonyl (C=O) groups is 1. The van der Waals surface area contributed by atoms with E-state index in [4.69, 9.17) is 0 Å². The largest absolute Gasteiger partial charge is 0.390 e. The Morgan fingerprint density at radius 1 is 1.32 bits per heavy atom. The van der Waals surface area contributed by atoms with E-state index in [1.807, 2.05) is 30.3 Å². The van der Waals surface area contributed by atoms with E-state index in [1.54, 1.807) is 6.20 Å². The molecule has 0 radical (unpaired) electrons. The van der Waals surface area contributed by atoms with E-state index < -0.39 is 6.10 Å². The number of hydrogen-bond acceptors (Lipinski definition) is 4. The summed E-state index contributed by atoms with van der Waals surface area (Å²) in [5.74, 6) is 0.770. The molecule has 1 aromatic heterocycles. The van der Waals surface area contributed by atoms with E-state index in [1.165, 1.54) is 12.8 Å². The topological polar surface area (TPSA) is 77.5 Å². The second-order valence-corrected chi connectivity index (χ2v) is 6.85. The highest BCUT2D eigenvalue weighted by Crippen LogP contribution is 2.20. The van der Waals surface area contributed by atoms with Crippen LogP contribution in [0.4, 0.5) is 10.5 Å². The average Bonchev–Trinajstić information content (AvgIpc) is 2.62. The number of aliphatic hydroxyl groups excluding tert-OH is 1. The summed E-state index contributed by atoms with van der Waals surface area (Å²) in [6.45, 7) is 5.14. The summed E-state index contributed by atoms with van der Waals surface area (Å²) >= 11 is 0. The predicted octanol–water partition coefficient (Wildman–Crippen LogP) is 2.45. The number of piperidine rings is 1. The van der Waals surface area contributed by atoms with Gasteiger partial charge in [-0.15, -0.1) is 0 Å². The van der Waals surface area contributed by atoms with Crippen molar-refractivity contribution in [1.29, 1.82) is 0 Å². The molecule has 1 aliphatic rings. The van der Waals surface area contributed by atoms with Gasteiger partial charge in [0.2, 0.25) is 0 Å². The summed E-state index contributed by atoms with van der Waals surface area (Å²) in [7, 11) is 0. The van der Waals surface area contributed by atoms with E-state index in [9.17, 15) is 9.90 Å². The number of benzene rings is 1. The fourth-order valence-corrected chi connectivity index (χ4v) is 3.19. The van der Waals surface area contributed by atoms with Crippen molar-refractivity contribution >= 4 is 22.6 Å². The summed E-state index contributed by atoms with van der Waals surface area (Å²) in [4.78, 5) is 18.7. The number of amides is 2. The number of β-amino-alcohol motifs (C(OH)–C–C–N with tert-alkyl or cyclic N) is 1. The number of nitrogens with one attached hydrogen (secondary N) is 2. The van der Waals surface area contributed by atoms with E-state index in [0.717, 1.165) is 29.9 Å². The van der Waals surface area contributed by atoms with E-state index in [0.29, 0.717) is 12.2 Å². The average molecular weight is 342 g/mol. The zero-order chi connectivity index (χ0) is 17.6. The second kappa shape index (κ2) is 8.27. The molecule has 6 nitrogen and oxygen atoms in total. The molecule has 0 spiro atoms. The molecule has 1 atom stereocenters. The molecule has 0 bridgehead atoms. The molecule has 1 aromatic carbocycles. The summed E-state index contributed by atoms with van der Waals surface area (Å²) in [5, 5.41) is 16.7. The molecule has 1 aliphatic heterocycles. The Morgan fingerprint density at radius 2 is 2.08 bits per heavy atom. The minimum atomic E-state index is -0.565. The Balaban J connectivity index is 1.47. The van der Waals surface area contributed by atoms with Gasteiger partial charge >= 0.3 is 6.03 Å².